The van der Waals surface area contributed by atoms with Crippen molar-refractivity contribution in [3.8, 4) is 0 Å². The molecule has 0 spiro atoms. The molecular formula is C22H33N5OS. The summed E-state index contributed by atoms with van der Waals surface area (Å²) in [6, 6.07) is 8.03. The molecule has 3 atom stereocenters. The summed E-state index contributed by atoms with van der Waals surface area (Å²) in [5, 5.41) is 25.0. The summed E-state index contributed by atoms with van der Waals surface area (Å²) in [4.78, 5) is 2.04. The average molecular weight is 416 g/mol. The molecule has 0 aromatic heterocycles. The Bertz CT molecular complexity index is 772. The highest BCUT2D eigenvalue weighted by Crippen LogP contribution is 2.29. The summed E-state index contributed by atoms with van der Waals surface area (Å²) in [6.07, 6.45) is 7.93. The van der Waals surface area contributed by atoms with E-state index >= 15 is 0 Å². The van der Waals surface area contributed by atoms with Crippen molar-refractivity contribution in [2.45, 2.75) is 31.9 Å². The fraction of sp³-hybridized carbons (Fsp3) is 0.409. The molecule has 0 amide bonds. The second-order valence-corrected chi connectivity index (χ2v) is 8.27. The maximum atomic E-state index is 9.27. The predicted molar refractivity (Wildman–Crippen MR) is 123 cm³/mol. The van der Waals surface area contributed by atoms with E-state index in [2.05, 4.69) is 10.6 Å². The number of hydrogen-bond donors (Lipinski definition) is 5. The van der Waals surface area contributed by atoms with Gasteiger partial charge in [0.05, 0.1) is 23.4 Å². The summed E-state index contributed by atoms with van der Waals surface area (Å²) in [6.45, 7) is 4.78. The van der Waals surface area contributed by atoms with Crippen molar-refractivity contribution in [3.05, 3.63) is 71.2 Å². The molecule has 1 aliphatic heterocycles. The van der Waals surface area contributed by atoms with Crippen molar-refractivity contribution in [1.82, 2.24) is 15.5 Å². The molecule has 1 aliphatic rings. The number of nitrogens with one attached hydrogen (secondary N) is 3. The van der Waals surface area contributed by atoms with Crippen molar-refractivity contribution in [3.63, 3.8) is 0 Å². The van der Waals surface area contributed by atoms with Crippen molar-refractivity contribution in [1.29, 1.82) is 5.41 Å². The van der Waals surface area contributed by atoms with Crippen molar-refractivity contribution < 1.29 is 5.11 Å². The van der Waals surface area contributed by atoms with Crippen LogP contribution in [0.3, 0.4) is 0 Å². The van der Waals surface area contributed by atoms with E-state index in [-0.39, 0.29) is 23.9 Å². The van der Waals surface area contributed by atoms with Crippen LogP contribution in [0.25, 0.3) is 0 Å². The van der Waals surface area contributed by atoms with E-state index < -0.39 is 0 Å². The molecule has 0 fully saturated rings. The highest BCUT2D eigenvalue weighted by molar-refractivity contribution is 8.14. The van der Waals surface area contributed by atoms with Crippen LogP contribution in [-0.2, 0) is 6.61 Å². The van der Waals surface area contributed by atoms with E-state index in [0.29, 0.717) is 10.9 Å². The monoisotopic (exact) mass is 415 g/mol. The van der Waals surface area contributed by atoms with Gasteiger partial charge in [0.25, 0.3) is 0 Å². The van der Waals surface area contributed by atoms with Gasteiger partial charge in [0.2, 0.25) is 0 Å². The largest absolute Gasteiger partial charge is 0.392 e. The molecule has 7 heteroatoms. The molecule has 2 rings (SSSR count). The van der Waals surface area contributed by atoms with Crippen molar-refractivity contribution in [2.75, 3.05) is 20.6 Å². The van der Waals surface area contributed by atoms with E-state index in [9.17, 15) is 5.11 Å². The van der Waals surface area contributed by atoms with Crippen LogP contribution in [0.1, 0.15) is 31.0 Å². The number of aliphatic hydroxyl groups excluding tert-OH is 1. The third-order valence-electron chi connectivity index (χ3n) is 4.92. The Kier molecular flexibility index (Phi) is 8.82. The Morgan fingerprint density at radius 2 is 2.10 bits per heavy atom. The second-order valence-electron chi connectivity index (χ2n) is 7.13. The first kappa shape index (κ1) is 23.1. The lowest BCUT2D eigenvalue weighted by molar-refractivity contribution is 0.281. The number of nitrogens with two attached hydrogens (primary N) is 1. The molecule has 0 saturated carbocycles. The fourth-order valence-electron chi connectivity index (χ4n) is 3.07. The second kappa shape index (κ2) is 11.1. The first-order chi connectivity index (χ1) is 13.9. The van der Waals surface area contributed by atoms with Gasteiger partial charge in [-0.25, -0.2) is 0 Å². The zero-order valence-corrected chi connectivity index (χ0v) is 18.5. The molecule has 0 bridgehead atoms. The number of benzene rings is 1. The number of rotatable bonds is 8. The number of nitrogens with zero attached hydrogens (tertiary/aromatic N) is 1. The van der Waals surface area contributed by atoms with Gasteiger partial charge in [-0.1, -0.05) is 67.3 Å². The van der Waals surface area contributed by atoms with Crippen LogP contribution in [-0.4, -0.2) is 41.1 Å². The number of allylic oxidation sites excluding steroid dienone is 4. The minimum atomic E-state index is -0.151. The SMILES string of the molecule is C/C=C\C=C/C(C)C(=N)SC(NC)C1=C(N)N(C)CC(c2ccc(CO)cc2)N1. The topological polar surface area (TPSA) is 97.4 Å². The Morgan fingerprint density at radius 1 is 1.41 bits per heavy atom. The maximum absolute atomic E-state index is 9.27. The smallest absolute Gasteiger partial charge is 0.121 e. The van der Waals surface area contributed by atoms with Crippen LogP contribution in [0.5, 0.6) is 0 Å². The van der Waals surface area contributed by atoms with E-state index in [4.69, 9.17) is 11.1 Å². The average Bonchev–Trinajstić information content (AvgIpc) is 2.74. The van der Waals surface area contributed by atoms with Gasteiger partial charge in [0.15, 0.2) is 0 Å². The molecule has 1 aromatic carbocycles. The Morgan fingerprint density at radius 3 is 2.69 bits per heavy atom. The highest BCUT2D eigenvalue weighted by Gasteiger charge is 2.29. The normalized spacial score (nSPS) is 19.6. The number of thioether (sulfide) groups is 1. The first-order valence-electron chi connectivity index (χ1n) is 9.80. The van der Waals surface area contributed by atoms with Gasteiger partial charge in [0.1, 0.15) is 11.2 Å². The minimum absolute atomic E-state index is 0.0250. The zero-order valence-electron chi connectivity index (χ0n) is 17.6. The molecular weight excluding hydrogens is 382 g/mol. The van der Waals surface area contributed by atoms with Crippen LogP contribution in [0.2, 0.25) is 0 Å². The molecule has 6 N–H and O–H groups in total. The van der Waals surface area contributed by atoms with E-state index in [1.54, 1.807) is 0 Å². The van der Waals surface area contributed by atoms with Gasteiger partial charge < -0.3 is 26.4 Å². The van der Waals surface area contributed by atoms with Crippen LogP contribution < -0.4 is 16.4 Å². The molecule has 3 unspecified atom stereocenters. The Hall–Kier alpha value is -2.22. The molecule has 29 heavy (non-hydrogen) atoms. The molecule has 0 saturated heterocycles. The maximum Gasteiger partial charge on any atom is 0.121 e. The molecule has 1 heterocycles. The summed E-state index contributed by atoms with van der Waals surface area (Å²) in [5.74, 6) is 0.710. The van der Waals surface area contributed by atoms with Crippen LogP contribution in [0.4, 0.5) is 0 Å². The summed E-state index contributed by atoms with van der Waals surface area (Å²) < 4.78 is 0. The predicted octanol–water partition coefficient (Wildman–Crippen LogP) is 2.91. The third kappa shape index (κ3) is 6.13. The zero-order chi connectivity index (χ0) is 21.4. The van der Waals surface area contributed by atoms with Gasteiger partial charge in [-0.3, -0.25) is 5.41 Å². The van der Waals surface area contributed by atoms with Gasteiger partial charge in [-0.2, -0.15) is 0 Å². The first-order valence-corrected chi connectivity index (χ1v) is 10.7. The lowest BCUT2D eigenvalue weighted by Crippen LogP contribution is -2.47. The lowest BCUT2D eigenvalue weighted by atomic mass is 10.0. The van der Waals surface area contributed by atoms with Gasteiger partial charge >= 0.3 is 0 Å². The Balaban J connectivity index is 2.17. The van der Waals surface area contributed by atoms with Crippen molar-refractivity contribution in [2.24, 2.45) is 11.7 Å². The van der Waals surface area contributed by atoms with E-state index in [1.165, 1.54) is 11.8 Å². The summed E-state index contributed by atoms with van der Waals surface area (Å²) >= 11 is 1.46. The fourth-order valence-corrected chi connectivity index (χ4v) is 4.04. The molecule has 1 aromatic rings. The molecule has 0 aliphatic carbocycles. The lowest BCUT2D eigenvalue weighted by Gasteiger charge is -2.38. The van der Waals surface area contributed by atoms with E-state index in [0.717, 1.165) is 23.4 Å². The molecule has 6 nitrogen and oxygen atoms in total. The number of likely N-dealkylation sites (N-methyl/N-ethyl adjacent to an activating group) is 2. The van der Waals surface area contributed by atoms with Gasteiger partial charge in [-0.15, -0.1) is 0 Å². The molecule has 0 radical (unpaired) electrons. The van der Waals surface area contributed by atoms with E-state index in [1.807, 2.05) is 81.4 Å². The number of hydrogen-bond acceptors (Lipinski definition) is 7. The van der Waals surface area contributed by atoms with Crippen molar-refractivity contribution >= 4 is 16.8 Å². The highest BCUT2D eigenvalue weighted by atomic mass is 32.2. The van der Waals surface area contributed by atoms with Crippen LogP contribution in [0, 0.1) is 11.3 Å². The molecule has 158 valence electrons. The summed E-state index contributed by atoms with van der Waals surface area (Å²) in [7, 11) is 3.86. The minimum Gasteiger partial charge on any atom is -0.392 e. The van der Waals surface area contributed by atoms with Gasteiger partial charge in [0, 0.05) is 19.5 Å². The third-order valence-corrected chi connectivity index (χ3v) is 6.26. The Labute approximate surface area is 178 Å². The van der Waals surface area contributed by atoms with Gasteiger partial charge in [-0.05, 0) is 25.1 Å². The number of aliphatic hydroxyl groups is 1. The van der Waals surface area contributed by atoms with Crippen LogP contribution >= 0.6 is 11.8 Å². The van der Waals surface area contributed by atoms with Crippen LogP contribution in [0.15, 0.2) is 60.1 Å². The standard InChI is InChI=1S/C22H33N5OS/c1-5-6-7-8-15(2)21(24)29-22(25-3)19-20(23)27(4)13-18(26-19)17-11-9-16(14-28)10-12-17/h5-12,15,18,22,24-26,28H,13-14,23H2,1-4H3/b6-5-,8-7-,24-21?. The quantitative estimate of drug-likeness (QED) is 0.194. The summed E-state index contributed by atoms with van der Waals surface area (Å²) in [5.41, 5.74) is 9.31.